The van der Waals surface area contributed by atoms with E-state index < -0.39 is 0 Å². The molecule has 0 aliphatic carbocycles. The number of ether oxygens (including phenoxy) is 1. The van der Waals surface area contributed by atoms with E-state index in [1.807, 2.05) is 36.4 Å². The van der Waals surface area contributed by atoms with Crippen LogP contribution in [-0.4, -0.2) is 18.7 Å². The zero-order valence-corrected chi connectivity index (χ0v) is 14.5. The Kier molecular flexibility index (Phi) is 6.81. The molecule has 0 saturated heterocycles. The Balaban J connectivity index is 1.88. The maximum absolute atomic E-state index is 12.0. The summed E-state index contributed by atoms with van der Waals surface area (Å²) in [5.74, 6) is 0.584. The summed E-state index contributed by atoms with van der Waals surface area (Å²) < 4.78 is 6.33. The van der Waals surface area contributed by atoms with E-state index in [0.717, 1.165) is 35.2 Å². The Morgan fingerprint density at radius 3 is 2.65 bits per heavy atom. The van der Waals surface area contributed by atoms with E-state index >= 15 is 0 Å². The highest BCUT2D eigenvalue weighted by atomic mass is 79.9. The average molecular weight is 375 g/mol. The zero-order valence-electron chi connectivity index (χ0n) is 13.0. The Bertz CT molecular complexity index is 669. The van der Waals surface area contributed by atoms with Crippen LogP contribution in [-0.2, 0) is 0 Å². The molecule has 0 heterocycles. The lowest BCUT2D eigenvalue weighted by Gasteiger charge is -2.05. The number of carbonyl (C=O) groups is 1. The molecule has 2 rings (SSSR count). The van der Waals surface area contributed by atoms with Gasteiger partial charge in [-0.2, -0.15) is 5.10 Å². The van der Waals surface area contributed by atoms with Gasteiger partial charge >= 0.3 is 0 Å². The lowest BCUT2D eigenvalue weighted by molar-refractivity contribution is 0.0954. The Morgan fingerprint density at radius 1 is 1.22 bits per heavy atom. The predicted molar refractivity (Wildman–Crippen MR) is 96.0 cm³/mol. The van der Waals surface area contributed by atoms with Crippen molar-refractivity contribution in [3.8, 4) is 5.75 Å². The van der Waals surface area contributed by atoms with Gasteiger partial charge in [-0.1, -0.05) is 25.5 Å². The third kappa shape index (κ3) is 5.53. The van der Waals surface area contributed by atoms with E-state index in [2.05, 4.69) is 33.4 Å². The van der Waals surface area contributed by atoms with Gasteiger partial charge < -0.3 is 4.74 Å². The summed E-state index contributed by atoms with van der Waals surface area (Å²) in [4.78, 5) is 12.0. The molecule has 0 radical (unpaired) electrons. The highest BCUT2D eigenvalue weighted by Crippen LogP contribution is 2.15. The molecule has 0 unspecified atom stereocenters. The molecule has 0 spiro atoms. The van der Waals surface area contributed by atoms with Gasteiger partial charge in [-0.25, -0.2) is 5.43 Å². The van der Waals surface area contributed by atoms with E-state index in [0.29, 0.717) is 5.56 Å². The van der Waals surface area contributed by atoms with Crippen molar-refractivity contribution in [2.75, 3.05) is 6.61 Å². The summed E-state index contributed by atoms with van der Waals surface area (Å²) in [7, 11) is 0. The first-order valence-electron chi connectivity index (χ1n) is 7.51. The molecule has 2 aromatic rings. The van der Waals surface area contributed by atoms with Crippen LogP contribution in [0.3, 0.4) is 0 Å². The van der Waals surface area contributed by atoms with Crippen molar-refractivity contribution in [3.05, 3.63) is 64.1 Å². The number of carbonyl (C=O) groups excluding carboxylic acids is 1. The van der Waals surface area contributed by atoms with Gasteiger partial charge in [0.2, 0.25) is 0 Å². The van der Waals surface area contributed by atoms with Gasteiger partial charge in [0.1, 0.15) is 5.75 Å². The minimum Gasteiger partial charge on any atom is -0.494 e. The molecule has 1 amide bonds. The van der Waals surface area contributed by atoms with Crippen LogP contribution in [0.2, 0.25) is 0 Å². The van der Waals surface area contributed by atoms with E-state index in [9.17, 15) is 4.79 Å². The molecule has 0 bridgehead atoms. The minimum absolute atomic E-state index is 0.256. The van der Waals surface area contributed by atoms with Crippen molar-refractivity contribution in [2.24, 2.45) is 5.10 Å². The second-order valence-electron chi connectivity index (χ2n) is 4.95. The average Bonchev–Trinajstić information content (AvgIpc) is 2.57. The van der Waals surface area contributed by atoms with Gasteiger partial charge in [0.05, 0.1) is 18.4 Å². The number of nitrogens with zero attached hydrogens (tertiary/aromatic N) is 1. The molecule has 0 aromatic heterocycles. The smallest absolute Gasteiger partial charge is 0.272 e. The fourth-order valence-corrected chi connectivity index (χ4v) is 2.32. The van der Waals surface area contributed by atoms with Crippen LogP contribution in [0.5, 0.6) is 5.75 Å². The van der Waals surface area contributed by atoms with Gasteiger partial charge in [0, 0.05) is 4.47 Å². The van der Waals surface area contributed by atoms with Gasteiger partial charge in [0.25, 0.3) is 5.91 Å². The number of halogens is 1. The first kappa shape index (κ1) is 17.2. The van der Waals surface area contributed by atoms with Gasteiger partial charge in [-0.05, 0) is 64.3 Å². The quantitative estimate of drug-likeness (QED) is 0.443. The van der Waals surface area contributed by atoms with Crippen LogP contribution < -0.4 is 10.2 Å². The lowest BCUT2D eigenvalue weighted by Crippen LogP contribution is -2.18. The number of hydrogen-bond donors (Lipinski definition) is 1. The van der Waals surface area contributed by atoms with Crippen molar-refractivity contribution in [2.45, 2.75) is 19.8 Å². The molecule has 5 heteroatoms. The van der Waals surface area contributed by atoms with Crippen LogP contribution in [0.25, 0.3) is 0 Å². The first-order chi connectivity index (χ1) is 11.2. The molecule has 0 atom stereocenters. The van der Waals surface area contributed by atoms with Crippen molar-refractivity contribution in [3.63, 3.8) is 0 Å². The third-order valence-corrected chi connectivity index (χ3v) is 3.84. The highest BCUT2D eigenvalue weighted by molar-refractivity contribution is 9.10. The number of hydrazone groups is 1. The van der Waals surface area contributed by atoms with Crippen molar-refractivity contribution < 1.29 is 9.53 Å². The van der Waals surface area contributed by atoms with E-state index in [1.165, 1.54) is 0 Å². The number of unbranched alkanes of at least 4 members (excludes halogenated alkanes) is 1. The topological polar surface area (TPSA) is 50.7 Å². The fourth-order valence-electron chi connectivity index (χ4n) is 1.86. The minimum atomic E-state index is -0.256. The number of rotatable bonds is 7. The zero-order chi connectivity index (χ0) is 16.5. The van der Waals surface area contributed by atoms with E-state index in [1.54, 1.807) is 18.3 Å². The van der Waals surface area contributed by atoms with Crippen LogP contribution in [0.1, 0.15) is 35.7 Å². The molecule has 2 aromatic carbocycles. The van der Waals surface area contributed by atoms with Crippen molar-refractivity contribution in [1.82, 2.24) is 5.43 Å². The van der Waals surface area contributed by atoms with Gasteiger partial charge in [-0.3, -0.25) is 4.79 Å². The first-order valence-corrected chi connectivity index (χ1v) is 8.31. The highest BCUT2D eigenvalue weighted by Gasteiger charge is 2.07. The maximum Gasteiger partial charge on any atom is 0.272 e. The maximum atomic E-state index is 12.0. The number of benzene rings is 2. The molecule has 4 nitrogen and oxygen atoms in total. The molecule has 120 valence electrons. The van der Waals surface area contributed by atoms with Crippen LogP contribution >= 0.6 is 15.9 Å². The van der Waals surface area contributed by atoms with Crippen molar-refractivity contribution >= 4 is 28.1 Å². The molecule has 23 heavy (non-hydrogen) atoms. The monoisotopic (exact) mass is 374 g/mol. The number of nitrogens with one attached hydrogen (secondary N) is 1. The van der Waals surface area contributed by atoms with Crippen LogP contribution in [0, 0.1) is 0 Å². The summed E-state index contributed by atoms with van der Waals surface area (Å²) in [6.45, 7) is 2.86. The lowest BCUT2D eigenvalue weighted by atomic mass is 10.2. The second-order valence-corrected chi connectivity index (χ2v) is 5.80. The summed E-state index contributed by atoms with van der Waals surface area (Å²) in [5.41, 5.74) is 3.95. The van der Waals surface area contributed by atoms with E-state index in [-0.39, 0.29) is 5.91 Å². The SMILES string of the molecule is CCCCOc1ccc(C=NNC(=O)c2ccccc2Br)cc1. The van der Waals surface area contributed by atoms with E-state index in [4.69, 9.17) is 4.74 Å². The number of amides is 1. The van der Waals surface area contributed by atoms with Crippen LogP contribution in [0.4, 0.5) is 0 Å². The molecule has 0 saturated carbocycles. The Morgan fingerprint density at radius 2 is 1.96 bits per heavy atom. The Labute approximate surface area is 144 Å². The Hall–Kier alpha value is -2.14. The summed E-state index contributed by atoms with van der Waals surface area (Å²) in [6, 6.07) is 14.8. The fraction of sp³-hybridized carbons (Fsp3) is 0.222. The molecule has 1 N–H and O–H groups in total. The predicted octanol–water partition coefficient (Wildman–Crippen LogP) is 4.39. The summed E-state index contributed by atoms with van der Waals surface area (Å²) in [6.07, 6.45) is 3.76. The van der Waals surface area contributed by atoms with Crippen LogP contribution in [0.15, 0.2) is 58.1 Å². The normalized spacial score (nSPS) is 10.7. The third-order valence-electron chi connectivity index (χ3n) is 3.14. The van der Waals surface area contributed by atoms with Crippen molar-refractivity contribution in [1.29, 1.82) is 0 Å². The molecule has 0 fully saturated rings. The number of hydrogen-bond acceptors (Lipinski definition) is 3. The molecular weight excluding hydrogens is 356 g/mol. The summed E-state index contributed by atoms with van der Waals surface area (Å²) >= 11 is 3.34. The molecule has 0 aliphatic rings. The molecule has 0 aliphatic heterocycles. The van der Waals surface area contributed by atoms with Gasteiger partial charge in [0.15, 0.2) is 0 Å². The second kappa shape index (κ2) is 9.10. The summed E-state index contributed by atoms with van der Waals surface area (Å²) in [5, 5.41) is 3.98. The van der Waals surface area contributed by atoms with Gasteiger partial charge in [-0.15, -0.1) is 0 Å². The standard InChI is InChI=1S/C18H19BrN2O2/c1-2-3-12-23-15-10-8-14(9-11-15)13-20-21-18(22)16-6-4-5-7-17(16)19/h4-11,13H,2-3,12H2,1H3,(H,21,22). The molecular formula is C18H19BrN2O2. The largest absolute Gasteiger partial charge is 0.494 e.